The average Bonchev–Trinajstić information content (AvgIpc) is 2.53. The molecule has 0 heterocycles. The Kier molecular flexibility index (Phi) is 3.69. The molecule has 0 aromatic heterocycles. The van der Waals surface area contributed by atoms with Crippen molar-refractivity contribution in [3.8, 4) is 11.1 Å². The summed E-state index contributed by atoms with van der Waals surface area (Å²) in [5.41, 5.74) is 3.75. The van der Waals surface area contributed by atoms with Crippen molar-refractivity contribution in [3.63, 3.8) is 0 Å². The minimum atomic E-state index is 1.00. The van der Waals surface area contributed by atoms with Gasteiger partial charge in [-0.15, -0.1) is 0 Å². The molecule has 1 nitrogen and oxygen atoms in total. The SMILES string of the molecule is CCCNc1cc(-c2ccccc2)cc2ccccc12. The summed E-state index contributed by atoms with van der Waals surface area (Å²) >= 11 is 0. The van der Waals surface area contributed by atoms with E-state index in [1.54, 1.807) is 0 Å². The Hall–Kier alpha value is -2.28. The Balaban J connectivity index is 2.14. The van der Waals surface area contributed by atoms with Crippen LogP contribution in [0.25, 0.3) is 21.9 Å². The van der Waals surface area contributed by atoms with Gasteiger partial charge in [0.25, 0.3) is 0 Å². The predicted octanol–water partition coefficient (Wildman–Crippen LogP) is 5.33. The number of nitrogens with one attached hydrogen (secondary N) is 1. The molecular weight excluding hydrogens is 242 g/mol. The lowest BCUT2D eigenvalue weighted by atomic mass is 9.99. The highest BCUT2D eigenvalue weighted by molar-refractivity contribution is 5.97. The lowest BCUT2D eigenvalue weighted by Gasteiger charge is -2.12. The highest BCUT2D eigenvalue weighted by Gasteiger charge is 2.05. The number of hydrogen-bond acceptors (Lipinski definition) is 1. The van der Waals surface area contributed by atoms with Crippen molar-refractivity contribution in [3.05, 3.63) is 66.7 Å². The summed E-state index contributed by atoms with van der Waals surface area (Å²) < 4.78 is 0. The standard InChI is InChI=1S/C19H19N/c1-2-12-20-19-14-17(15-8-4-3-5-9-15)13-16-10-6-7-11-18(16)19/h3-11,13-14,20H,2,12H2,1H3. The fourth-order valence-electron chi connectivity index (χ4n) is 2.51. The van der Waals surface area contributed by atoms with Crippen LogP contribution in [-0.4, -0.2) is 6.54 Å². The third-order valence-corrected chi connectivity index (χ3v) is 3.53. The summed E-state index contributed by atoms with van der Waals surface area (Å²) in [5.74, 6) is 0. The molecule has 0 bridgehead atoms. The molecule has 100 valence electrons. The van der Waals surface area contributed by atoms with E-state index >= 15 is 0 Å². The molecule has 20 heavy (non-hydrogen) atoms. The first-order chi connectivity index (χ1) is 9.88. The smallest absolute Gasteiger partial charge is 0.0426 e. The quantitative estimate of drug-likeness (QED) is 0.669. The van der Waals surface area contributed by atoms with E-state index in [0.717, 1.165) is 13.0 Å². The van der Waals surface area contributed by atoms with Gasteiger partial charge in [0.2, 0.25) is 0 Å². The van der Waals surface area contributed by atoms with Crippen LogP contribution in [0.15, 0.2) is 66.7 Å². The second-order valence-corrected chi connectivity index (χ2v) is 5.04. The van der Waals surface area contributed by atoms with Crippen molar-refractivity contribution in [2.45, 2.75) is 13.3 Å². The highest BCUT2D eigenvalue weighted by Crippen LogP contribution is 2.30. The number of fused-ring (bicyclic) bond motifs is 1. The second kappa shape index (κ2) is 5.79. The van der Waals surface area contributed by atoms with Crippen LogP contribution in [0.1, 0.15) is 13.3 Å². The molecular formula is C19H19N. The molecule has 0 radical (unpaired) electrons. The topological polar surface area (TPSA) is 12.0 Å². The maximum atomic E-state index is 3.55. The fourth-order valence-corrected chi connectivity index (χ4v) is 2.51. The monoisotopic (exact) mass is 261 g/mol. The Labute approximate surface area is 120 Å². The summed E-state index contributed by atoms with van der Waals surface area (Å²) in [6.45, 7) is 3.19. The van der Waals surface area contributed by atoms with Gasteiger partial charge in [0.05, 0.1) is 0 Å². The zero-order valence-electron chi connectivity index (χ0n) is 11.8. The Morgan fingerprint density at radius 1 is 0.800 bits per heavy atom. The molecule has 0 atom stereocenters. The molecule has 0 aliphatic heterocycles. The number of hydrogen-bond donors (Lipinski definition) is 1. The molecule has 0 saturated heterocycles. The van der Waals surface area contributed by atoms with E-state index in [9.17, 15) is 0 Å². The van der Waals surface area contributed by atoms with Gasteiger partial charge in [-0.25, -0.2) is 0 Å². The van der Waals surface area contributed by atoms with Gasteiger partial charge < -0.3 is 5.32 Å². The molecule has 0 fully saturated rings. The molecule has 0 aliphatic carbocycles. The van der Waals surface area contributed by atoms with Gasteiger partial charge in [0, 0.05) is 17.6 Å². The average molecular weight is 261 g/mol. The molecule has 0 spiro atoms. The lowest BCUT2D eigenvalue weighted by Crippen LogP contribution is -2.00. The molecule has 3 aromatic carbocycles. The van der Waals surface area contributed by atoms with Gasteiger partial charge in [0.15, 0.2) is 0 Å². The zero-order chi connectivity index (χ0) is 13.8. The van der Waals surface area contributed by atoms with Crippen LogP contribution in [0.4, 0.5) is 5.69 Å². The highest BCUT2D eigenvalue weighted by atomic mass is 14.9. The predicted molar refractivity (Wildman–Crippen MR) is 88.2 cm³/mol. The largest absolute Gasteiger partial charge is 0.385 e. The second-order valence-electron chi connectivity index (χ2n) is 5.04. The van der Waals surface area contributed by atoms with E-state index in [1.165, 1.54) is 27.6 Å². The first-order valence-corrected chi connectivity index (χ1v) is 7.20. The summed E-state index contributed by atoms with van der Waals surface area (Å²) in [6, 6.07) is 23.6. The van der Waals surface area contributed by atoms with E-state index in [1.807, 2.05) is 0 Å². The van der Waals surface area contributed by atoms with Crippen LogP contribution in [0.3, 0.4) is 0 Å². The molecule has 0 unspecified atom stereocenters. The van der Waals surface area contributed by atoms with E-state index < -0.39 is 0 Å². The molecule has 3 aromatic rings. The van der Waals surface area contributed by atoms with Gasteiger partial charge in [-0.1, -0.05) is 61.5 Å². The lowest BCUT2D eigenvalue weighted by molar-refractivity contribution is 0.981. The number of rotatable bonds is 4. The summed E-state index contributed by atoms with van der Waals surface area (Å²) in [4.78, 5) is 0. The third-order valence-electron chi connectivity index (χ3n) is 3.53. The molecule has 0 amide bonds. The first kappa shape index (κ1) is 12.7. The summed E-state index contributed by atoms with van der Waals surface area (Å²) in [5, 5.41) is 6.12. The van der Waals surface area contributed by atoms with Crippen molar-refractivity contribution >= 4 is 16.5 Å². The maximum Gasteiger partial charge on any atom is 0.0426 e. The van der Waals surface area contributed by atoms with Crippen molar-refractivity contribution in [2.75, 3.05) is 11.9 Å². The van der Waals surface area contributed by atoms with Gasteiger partial charge in [0.1, 0.15) is 0 Å². The van der Waals surface area contributed by atoms with Crippen molar-refractivity contribution in [1.82, 2.24) is 0 Å². The summed E-state index contributed by atoms with van der Waals surface area (Å²) in [6.07, 6.45) is 1.13. The zero-order valence-corrected chi connectivity index (χ0v) is 11.8. The Bertz CT molecular complexity index is 701. The minimum Gasteiger partial charge on any atom is -0.385 e. The normalized spacial score (nSPS) is 10.7. The maximum absolute atomic E-state index is 3.55. The van der Waals surface area contributed by atoms with E-state index in [0.29, 0.717) is 0 Å². The van der Waals surface area contributed by atoms with Crippen molar-refractivity contribution < 1.29 is 0 Å². The van der Waals surface area contributed by atoms with Gasteiger partial charge >= 0.3 is 0 Å². The van der Waals surface area contributed by atoms with Crippen molar-refractivity contribution in [1.29, 1.82) is 0 Å². The third kappa shape index (κ3) is 2.53. The Morgan fingerprint density at radius 2 is 1.55 bits per heavy atom. The van der Waals surface area contributed by atoms with Crippen molar-refractivity contribution in [2.24, 2.45) is 0 Å². The summed E-state index contributed by atoms with van der Waals surface area (Å²) in [7, 11) is 0. The Morgan fingerprint density at radius 3 is 2.35 bits per heavy atom. The molecule has 0 aliphatic rings. The van der Waals surface area contributed by atoms with Crippen LogP contribution in [0.5, 0.6) is 0 Å². The van der Waals surface area contributed by atoms with Crippen LogP contribution in [0, 0.1) is 0 Å². The van der Waals surface area contributed by atoms with Crippen LogP contribution in [-0.2, 0) is 0 Å². The van der Waals surface area contributed by atoms with Gasteiger partial charge in [-0.3, -0.25) is 0 Å². The number of anilines is 1. The van der Waals surface area contributed by atoms with E-state index in [4.69, 9.17) is 0 Å². The van der Waals surface area contributed by atoms with Gasteiger partial charge in [-0.05, 0) is 35.1 Å². The molecule has 0 saturated carbocycles. The van der Waals surface area contributed by atoms with Crippen LogP contribution in [0.2, 0.25) is 0 Å². The molecule has 1 heteroatoms. The van der Waals surface area contributed by atoms with Crippen LogP contribution < -0.4 is 5.32 Å². The first-order valence-electron chi connectivity index (χ1n) is 7.20. The van der Waals surface area contributed by atoms with E-state index in [-0.39, 0.29) is 0 Å². The van der Waals surface area contributed by atoms with E-state index in [2.05, 4.69) is 79.0 Å². The number of benzene rings is 3. The minimum absolute atomic E-state index is 1.00. The fraction of sp³-hybridized carbons (Fsp3) is 0.158. The van der Waals surface area contributed by atoms with Gasteiger partial charge in [-0.2, -0.15) is 0 Å². The molecule has 1 N–H and O–H groups in total. The molecule has 3 rings (SSSR count). The van der Waals surface area contributed by atoms with Crippen LogP contribution >= 0.6 is 0 Å².